The molecule has 0 aromatic heterocycles. The van der Waals surface area contributed by atoms with Crippen LogP contribution in [-0.2, 0) is 10.3 Å². The van der Waals surface area contributed by atoms with E-state index in [-0.39, 0.29) is 6.04 Å². The lowest BCUT2D eigenvalue weighted by atomic mass is 9.89. The highest BCUT2D eigenvalue weighted by atomic mass is 16.4. The van der Waals surface area contributed by atoms with Crippen LogP contribution in [0.2, 0.25) is 0 Å². The van der Waals surface area contributed by atoms with Gasteiger partial charge in [-0.05, 0) is 43.2 Å². The molecule has 2 N–H and O–H groups in total. The lowest BCUT2D eigenvalue weighted by molar-refractivity contribution is -0.144. The monoisotopic (exact) mass is 257 g/mol. The Morgan fingerprint density at radius 1 is 1.16 bits per heavy atom. The molecule has 0 bridgehead atoms. The lowest BCUT2D eigenvalue weighted by Crippen LogP contribution is -2.49. The highest BCUT2D eigenvalue weighted by Crippen LogP contribution is 2.26. The van der Waals surface area contributed by atoms with Gasteiger partial charge in [-0.15, -0.1) is 0 Å². The molecule has 0 aliphatic heterocycles. The Hall–Kier alpha value is -1.87. The van der Waals surface area contributed by atoms with Crippen LogP contribution in [0.25, 0.3) is 10.8 Å². The van der Waals surface area contributed by atoms with Gasteiger partial charge in [0.25, 0.3) is 0 Å². The van der Waals surface area contributed by atoms with E-state index in [0.29, 0.717) is 0 Å². The summed E-state index contributed by atoms with van der Waals surface area (Å²) in [6, 6.07) is 13.8. The van der Waals surface area contributed by atoms with Crippen LogP contribution < -0.4 is 5.32 Å². The molecular weight excluding hydrogens is 238 g/mol. The van der Waals surface area contributed by atoms with Gasteiger partial charge in [0.15, 0.2) is 0 Å². The van der Waals surface area contributed by atoms with Crippen molar-refractivity contribution in [1.82, 2.24) is 5.32 Å². The van der Waals surface area contributed by atoms with Gasteiger partial charge in [-0.25, -0.2) is 4.79 Å². The second-order valence-corrected chi connectivity index (χ2v) is 5.29. The Labute approximate surface area is 113 Å². The van der Waals surface area contributed by atoms with Crippen molar-refractivity contribution in [2.24, 2.45) is 0 Å². The molecule has 3 nitrogen and oxygen atoms in total. The van der Waals surface area contributed by atoms with Gasteiger partial charge >= 0.3 is 5.97 Å². The number of carbonyl (C=O) groups is 1. The summed E-state index contributed by atoms with van der Waals surface area (Å²) in [5.41, 5.74) is -0.300. The predicted octanol–water partition coefficient (Wildman–Crippen LogP) is 3.14. The third-order valence-electron chi connectivity index (χ3n) is 3.33. The Morgan fingerprint density at radius 3 is 2.37 bits per heavy atom. The fourth-order valence-corrected chi connectivity index (χ4v) is 2.35. The van der Waals surface area contributed by atoms with Crippen LogP contribution in [0, 0.1) is 0 Å². The van der Waals surface area contributed by atoms with Crippen molar-refractivity contribution < 1.29 is 9.90 Å². The van der Waals surface area contributed by atoms with Crippen LogP contribution in [0.5, 0.6) is 0 Å². The van der Waals surface area contributed by atoms with Gasteiger partial charge in [0.2, 0.25) is 0 Å². The van der Waals surface area contributed by atoms with Crippen LogP contribution in [0.15, 0.2) is 42.5 Å². The van der Waals surface area contributed by atoms with Crippen molar-refractivity contribution in [2.45, 2.75) is 32.4 Å². The van der Waals surface area contributed by atoms with E-state index >= 15 is 0 Å². The smallest absolute Gasteiger partial charge is 0.328 e. The Kier molecular flexibility index (Phi) is 3.58. The second kappa shape index (κ2) is 5.02. The summed E-state index contributed by atoms with van der Waals surface area (Å²) in [4.78, 5) is 11.6. The van der Waals surface area contributed by atoms with Crippen molar-refractivity contribution in [3.05, 3.63) is 48.0 Å². The molecule has 0 aliphatic carbocycles. The van der Waals surface area contributed by atoms with E-state index in [1.165, 1.54) is 0 Å². The Balaban J connectivity index is 2.53. The normalized spacial score (nSPS) is 14.5. The third-order valence-corrected chi connectivity index (χ3v) is 3.33. The molecule has 2 aromatic carbocycles. The largest absolute Gasteiger partial charge is 0.480 e. The van der Waals surface area contributed by atoms with Gasteiger partial charge in [0.1, 0.15) is 5.54 Å². The molecule has 0 spiro atoms. The number of nitrogens with one attached hydrogen (secondary N) is 1. The van der Waals surface area contributed by atoms with E-state index in [2.05, 4.69) is 5.32 Å². The van der Waals surface area contributed by atoms with E-state index in [1.807, 2.05) is 56.3 Å². The molecule has 19 heavy (non-hydrogen) atoms. The third kappa shape index (κ3) is 2.61. The molecule has 0 saturated heterocycles. The molecule has 0 radical (unpaired) electrons. The summed E-state index contributed by atoms with van der Waals surface area (Å²) in [7, 11) is 0. The molecule has 1 unspecified atom stereocenters. The van der Waals surface area contributed by atoms with Crippen LogP contribution >= 0.6 is 0 Å². The Bertz CT molecular complexity index is 606. The average Bonchev–Trinajstić information content (AvgIpc) is 2.37. The number of benzene rings is 2. The summed E-state index contributed by atoms with van der Waals surface area (Å²) in [5.74, 6) is -0.864. The minimum absolute atomic E-state index is 0.0903. The van der Waals surface area contributed by atoms with E-state index in [1.54, 1.807) is 6.92 Å². The average molecular weight is 257 g/mol. The van der Waals surface area contributed by atoms with E-state index in [0.717, 1.165) is 16.3 Å². The maximum Gasteiger partial charge on any atom is 0.328 e. The molecule has 2 aromatic rings. The van der Waals surface area contributed by atoms with Crippen molar-refractivity contribution >= 4 is 16.7 Å². The molecule has 1 atom stereocenters. The summed E-state index contributed by atoms with van der Waals surface area (Å²) < 4.78 is 0. The maximum atomic E-state index is 11.6. The first-order valence-electron chi connectivity index (χ1n) is 6.44. The summed E-state index contributed by atoms with van der Waals surface area (Å²) in [5, 5.41) is 14.8. The molecule has 2 rings (SSSR count). The van der Waals surface area contributed by atoms with Gasteiger partial charge in [-0.3, -0.25) is 5.32 Å². The van der Waals surface area contributed by atoms with Gasteiger partial charge in [0, 0.05) is 6.04 Å². The molecule has 0 aliphatic rings. The van der Waals surface area contributed by atoms with Crippen molar-refractivity contribution in [3.8, 4) is 0 Å². The highest BCUT2D eigenvalue weighted by molar-refractivity contribution is 5.86. The van der Waals surface area contributed by atoms with Crippen LogP contribution in [0.1, 0.15) is 26.3 Å². The minimum atomic E-state index is -1.07. The van der Waals surface area contributed by atoms with Crippen molar-refractivity contribution in [3.63, 3.8) is 0 Å². The standard InChI is InChI=1S/C16H19NO2/c1-11(2)17-16(3,15(18)19)14-9-8-12-6-4-5-7-13(12)10-14/h4-11,17H,1-3H3,(H,18,19). The first kappa shape index (κ1) is 13.6. The zero-order valence-corrected chi connectivity index (χ0v) is 11.5. The lowest BCUT2D eigenvalue weighted by Gasteiger charge is -2.29. The zero-order valence-electron chi connectivity index (χ0n) is 11.5. The van der Waals surface area contributed by atoms with Gasteiger partial charge in [-0.2, -0.15) is 0 Å². The molecule has 0 saturated carbocycles. The maximum absolute atomic E-state index is 11.6. The van der Waals surface area contributed by atoms with Gasteiger partial charge < -0.3 is 5.11 Å². The quantitative estimate of drug-likeness (QED) is 0.884. The number of hydrogen-bond acceptors (Lipinski definition) is 2. The first-order chi connectivity index (χ1) is 8.93. The number of rotatable bonds is 4. The number of carboxylic acid groups (broad SMARTS) is 1. The van der Waals surface area contributed by atoms with Crippen LogP contribution in [-0.4, -0.2) is 17.1 Å². The molecular formula is C16H19NO2. The molecule has 0 heterocycles. The molecule has 3 heteroatoms. The summed E-state index contributed by atoms with van der Waals surface area (Å²) >= 11 is 0. The second-order valence-electron chi connectivity index (χ2n) is 5.29. The SMILES string of the molecule is CC(C)NC(C)(C(=O)O)c1ccc2ccccc2c1. The van der Waals surface area contributed by atoms with Gasteiger partial charge in [0.05, 0.1) is 0 Å². The van der Waals surface area contributed by atoms with E-state index in [4.69, 9.17) is 0 Å². The number of fused-ring (bicyclic) bond motifs is 1. The predicted molar refractivity (Wildman–Crippen MR) is 77.2 cm³/mol. The molecule has 0 amide bonds. The minimum Gasteiger partial charge on any atom is -0.480 e. The summed E-state index contributed by atoms with van der Waals surface area (Å²) in [6.45, 7) is 5.60. The van der Waals surface area contributed by atoms with Crippen molar-refractivity contribution in [2.75, 3.05) is 0 Å². The number of hydrogen-bond donors (Lipinski definition) is 2. The van der Waals surface area contributed by atoms with Crippen molar-refractivity contribution in [1.29, 1.82) is 0 Å². The number of carboxylic acids is 1. The number of aliphatic carboxylic acids is 1. The molecule has 100 valence electrons. The van der Waals surface area contributed by atoms with Crippen LogP contribution in [0.3, 0.4) is 0 Å². The van der Waals surface area contributed by atoms with E-state index < -0.39 is 11.5 Å². The summed E-state index contributed by atoms with van der Waals surface area (Å²) in [6.07, 6.45) is 0. The fraction of sp³-hybridized carbons (Fsp3) is 0.312. The fourth-order valence-electron chi connectivity index (χ4n) is 2.35. The zero-order chi connectivity index (χ0) is 14.0. The van der Waals surface area contributed by atoms with Gasteiger partial charge in [-0.1, -0.05) is 36.4 Å². The Morgan fingerprint density at radius 2 is 1.79 bits per heavy atom. The molecule has 0 fully saturated rings. The highest BCUT2D eigenvalue weighted by Gasteiger charge is 2.35. The van der Waals surface area contributed by atoms with E-state index in [9.17, 15) is 9.90 Å². The van der Waals surface area contributed by atoms with Crippen LogP contribution in [0.4, 0.5) is 0 Å². The topological polar surface area (TPSA) is 49.3 Å². The first-order valence-corrected chi connectivity index (χ1v) is 6.44.